The molecule has 1 amide bonds. The van der Waals surface area contributed by atoms with Gasteiger partial charge in [0.1, 0.15) is 0 Å². The van der Waals surface area contributed by atoms with Crippen LogP contribution in [0.1, 0.15) is 36.6 Å². The predicted molar refractivity (Wildman–Crippen MR) is 88.7 cm³/mol. The predicted octanol–water partition coefficient (Wildman–Crippen LogP) is 3.72. The quantitative estimate of drug-likeness (QED) is 0.866. The summed E-state index contributed by atoms with van der Waals surface area (Å²) in [6.07, 6.45) is 0.280. The molecular weight excluding hydrogens is 328 g/mol. The Morgan fingerprint density at radius 3 is 2.48 bits per heavy atom. The summed E-state index contributed by atoms with van der Waals surface area (Å²) < 4.78 is 1.00. The fourth-order valence-electron chi connectivity index (χ4n) is 2.18. The second-order valence-corrected chi connectivity index (χ2v) is 5.98. The summed E-state index contributed by atoms with van der Waals surface area (Å²) in [6.45, 7) is 1.97. The minimum Gasteiger partial charge on any atom is -0.350 e. The zero-order chi connectivity index (χ0) is 15.2. The molecule has 0 radical (unpaired) electrons. The largest absolute Gasteiger partial charge is 0.350 e. The van der Waals surface area contributed by atoms with E-state index in [2.05, 4.69) is 21.2 Å². The molecule has 0 aliphatic heterocycles. The lowest BCUT2D eigenvalue weighted by atomic mass is 10.0. The second-order valence-electron chi connectivity index (χ2n) is 5.07. The van der Waals surface area contributed by atoms with Crippen LogP contribution in [0, 0.1) is 0 Å². The van der Waals surface area contributed by atoms with Crippen LogP contribution in [-0.2, 0) is 4.79 Å². The highest BCUT2D eigenvalue weighted by Gasteiger charge is 2.14. The first kappa shape index (κ1) is 15.7. The van der Waals surface area contributed by atoms with Gasteiger partial charge in [0.25, 0.3) is 0 Å². The maximum Gasteiger partial charge on any atom is 0.222 e. The molecule has 0 fully saturated rings. The molecule has 2 aromatic carbocycles. The number of carbonyl (C=O) groups is 1. The third-order valence-corrected chi connectivity index (χ3v) is 3.85. The molecule has 0 aliphatic carbocycles. The van der Waals surface area contributed by atoms with E-state index in [0.29, 0.717) is 0 Å². The van der Waals surface area contributed by atoms with Crippen molar-refractivity contribution in [1.29, 1.82) is 0 Å². The number of hydrogen-bond donors (Lipinski definition) is 2. The topological polar surface area (TPSA) is 55.1 Å². The van der Waals surface area contributed by atoms with Crippen LogP contribution < -0.4 is 11.1 Å². The monoisotopic (exact) mass is 346 g/mol. The van der Waals surface area contributed by atoms with E-state index in [4.69, 9.17) is 5.73 Å². The van der Waals surface area contributed by atoms with Gasteiger partial charge in [0.05, 0.1) is 6.04 Å². The highest BCUT2D eigenvalue weighted by Crippen LogP contribution is 2.19. The lowest BCUT2D eigenvalue weighted by molar-refractivity contribution is -0.122. The fraction of sp³-hybridized carbons (Fsp3) is 0.235. The van der Waals surface area contributed by atoms with Crippen molar-refractivity contribution in [3.05, 3.63) is 70.2 Å². The van der Waals surface area contributed by atoms with Crippen LogP contribution >= 0.6 is 15.9 Å². The summed E-state index contributed by atoms with van der Waals surface area (Å²) in [7, 11) is 0. The van der Waals surface area contributed by atoms with Gasteiger partial charge in [0, 0.05) is 16.9 Å². The van der Waals surface area contributed by atoms with Crippen molar-refractivity contribution in [1.82, 2.24) is 5.32 Å². The Hall–Kier alpha value is -1.65. The number of nitrogens with one attached hydrogen (secondary N) is 1. The van der Waals surface area contributed by atoms with E-state index in [9.17, 15) is 4.79 Å². The number of halogens is 1. The van der Waals surface area contributed by atoms with Gasteiger partial charge in [-0.05, 0) is 30.2 Å². The first-order chi connectivity index (χ1) is 10.1. The molecule has 0 bridgehead atoms. The molecule has 2 aromatic rings. The first-order valence-corrected chi connectivity index (χ1v) is 7.71. The average molecular weight is 347 g/mol. The van der Waals surface area contributed by atoms with Crippen LogP contribution in [0.25, 0.3) is 0 Å². The Balaban J connectivity index is 1.92. The normalized spacial score (nSPS) is 13.5. The van der Waals surface area contributed by atoms with Gasteiger partial charge in [-0.2, -0.15) is 0 Å². The van der Waals surface area contributed by atoms with E-state index in [1.54, 1.807) is 0 Å². The highest BCUT2D eigenvalue weighted by molar-refractivity contribution is 9.10. The van der Waals surface area contributed by atoms with Crippen LogP contribution in [-0.4, -0.2) is 5.91 Å². The van der Waals surface area contributed by atoms with Crippen molar-refractivity contribution in [2.75, 3.05) is 0 Å². The molecule has 4 heteroatoms. The summed E-state index contributed by atoms with van der Waals surface area (Å²) in [5, 5.41) is 2.98. The van der Waals surface area contributed by atoms with Crippen molar-refractivity contribution in [2.45, 2.75) is 25.4 Å². The van der Waals surface area contributed by atoms with Crippen molar-refractivity contribution in [2.24, 2.45) is 5.73 Å². The minimum atomic E-state index is -0.277. The number of hydrogen-bond acceptors (Lipinski definition) is 2. The zero-order valence-electron chi connectivity index (χ0n) is 11.9. The summed E-state index contributed by atoms with van der Waals surface area (Å²) in [4.78, 5) is 12.1. The SMILES string of the molecule is CC(NC(=O)CC(N)c1ccccc1)c1cccc(Br)c1. The van der Waals surface area contributed by atoms with Gasteiger partial charge >= 0.3 is 0 Å². The van der Waals surface area contributed by atoms with Crippen LogP contribution in [0.4, 0.5) is 0 Å². The first-order valence-electron chi connectivity index (χ1n) is 6.91. The van der Waals surface area contributed by atoms with E-state index in [1.807, 2.05) is 61.5 Å². The summed E-state index contributed by atoms with van der Waals surface area (Å²) in [5.41, 5.74) is 8.10. The van der Waals surface area contributed by atoms with E-state index >= 15 is 0 Å². The number of nitrogens with two attached hydrogens (primary N) is 1. The molecule has 0 heterocycles. The smallest absolute Gasteiger partial charge is 0.222 e. The highest BCUT2D eigenvalue weighted by atomic mass is 79.9. The lowest BCUT2D eigenvalue weighted by Gasteiger charge is -2.17. The Labute approximate surface area is 133 Å². The maximum absolute atomic E-state index is 12.1. The van der Waals surface area contributed by atoms with Gasteiger partial charge in [-0.25, -0.2) is 0 Å². The molecule has 110 valence electrons. The van der Waals surface area contributed by atoms with Gasteiger partial charge in [-0.1, -0.05) is 58.4 Å². The number of amides is 1. The second kappa shape index (κ2) is 7.38. The van der Waals surface area contributed by atoms with Crippen molar-refractivity contribution < 1.29 is 4.79 Å². The van der Waals surface area contributed by atoms with Gasteiger partial charge in [0.2, 0.25) is 5.91 Å². The minimum absolute atomic E-state index is 0.0428. The van der Waals surface area contributed by atoms with Crippen molar-refractivity contribution in [3.63, 3.8) is 0 Å². The number of benzene rings is 2. The molecular formula is C17H19BrN2O. The molecule has 0 saturated heterocycles. The maximum atomic E-state index is 12.1. The Morgan fingerprint density at radius 2 is 1.81 bits per heavy atom. The molecule has 2 unspecified atom stereocenters. The van der Waals surface area contributed by atoms with Crippen LogP contribution in [0.2, 0.25) is 0 Å². The van der Waals surface area contributed by atoms with Crippen LogP contribution in [0.3, 0.4) is 0 Å². The van der Waals surface area contributed by atoms with Gasteiger partial charge in [0.15, 0.2) is 0 Å². The summed E-state index contributed by atoms with van der Waals surface area (Å²) >= 11 is 3.43. The molecule has 2 atom stereocenters. The number of carbonyl (C=O) groups excluding carboxylic acids is 1. The molecule has 21 heavy (non-hydrogen) atoms. The lowest BCUT2D eigenvalue weighted by Crippen LogP contribution is -2.29. The summed E-state index contributed by atoms with van der Waals surface area (Å²) in [6, 6.07) is 17.3. The Kier molecular flexibility index (Phi) is 5.53. The molecule has 3 N–H and O–H groups in total. The molecule has 0 aromatic heterocycles. The molecule has 2 rings (SSSR count). The third kappa shape index (κ3) is 4.69. The molecule has 0 spiro atoms. The van der Waals surface area contributed by atoms with Gasteiger partial charge in [-0.15, -0.1) is 0 Å². The fourth-order valence-corrected chi connectivity index (χ4v) is 2.59. The standard InChI is InChI=1S/C17H19BrN2O/c1-12(14-8-5-9-15(18)10-14)20-17(21)11-16(19)13-6-3-2-4-7-13/h2-10,12,16H,11,19H2,1H3,(H,20,21). The molecule has 0 aliphatic rings. The Morgan fingerprint density at radius 1 is 1.14 bits per heavy atom. The summed E-state index contributed by atoms with van der Waals surface area (Å²) in [5.74, 6) is -0.0428. The average Bonchev–Trinajstić information content (AvgIpc) is 2.48. The van der Waals surface area contributed by atoms with E-state index in [0.717, 1.165) is 15.6 Å². The van der Waals surface area contributed by atoms with Crippen molar-refractivity contribution >= 4 is 21.8 Å². The molecule has 3 nitrogen and oxygen atoms in total. The molecule has 0 saturated carbocycles. The van der Waals surface area contributed by atoms with Gasteiger partial charge < -0.3 is 11.1 Å². The van der Waals surface area contributed by atoms with E-state index < -0.39 is 0 Å². The van der Waals surface area contributed by atoms with Crippen LogP contribution in [0.15, 0.2) is 59.1 Å². The Bertz CT molecular complexity index is 601. The van der Waals surface area contributed by atoms with Gasteiger partial charge in [-0.3, -0.25) is 4.79 Å². The zero-order valence-corrected chi connectivity index (χ0v) is 13.5. The number of rotatable bonds is 5. The van der Waals surface area contributed by atoms with E-state index in [-0.39, 0.29) is 24.4 Å². The van der Waals surface area contributed by atoms with Crippen molar-refractivity contribution in [3.8, 4) is 0 Å². The van der Waals surface area contributed by atoms with E-state index in [1.165, 1.54) is 0 Å². The third-order valence-electron chi connectivity index (χ3n) is 3.36. The van der Waals surface area contributed by atoms with Crippen LogP contribution in [0.5, 0.6) is 0 Å².